The highest BCUT2D eigenvalue weighted by Gasteiger charge is 2.30. The van der Waals surface area contributed by atoms with Crippen molar-refractivity contribution in [3.05, 3.63) is 0 Å². The Hall–Kier alpha value is -0.160. The number of rotatable bonds is 9. The van der Waals surface area contributed by atoms with Gasteiger partial charge < -0.3 is 20.4 Å². The van der Waals surface area contributed by atoms with Gasteiger partial charge in [-0.15, -0.1) is 0 Å². The van der Waals surface area contributed by atoms with Crippen LogP contribution in [0.2, 0.25) is 0 Å². The predicted molar refractivity (Wildman–Crippen MR) is 142 cm³/mol. The molecule has 4 rings (SSSR count). The lowest BCUT2D eigenvalue weighted by Gasteiger charge is -2.41. The largest absolute Gasteiger partial charge is 0.314 e. The predicted octanol–water partition coefficient (Wildman–Crippen LogP) is 4.85. The molecule has 0 spiro atoms. The molecule has 0 bridgehead atoms. The molecule has 0 radical (unpaired) electrons. The number of nitrogens with one attached hydrogen (secondary N) is 2. The molecule has 2 heterocycles. The molecular weight excluding hydrogens is 404 g/mol. The van der Waals surface area contributed by atoms with Crippen LogP contribution in [0.15, 0.2) is 0 Å². The van der Waals surface area contributed by atoms with Gasteiger partial charge in [-0.2, -0.15) is 0 Å². The molecule has 2 aliphatic heterocycles. The van der Waals surface area contributed by atoms with E-state index in [1.54, 1.807) is 0 Å². The van der Waals surface area contributed by atoms with E-state index >= 15 is 0 Å². The van der Waals surface area contributed by atoms with Gasteiger partial charge in [0.15, 0.2) is 0 Å². The zero-order valence-corrected chi connectivity index (χ0v) is 22.4. The smallest absolute Gasteiger partial charge is 0.0221 e. The first-order valence-electron chi connectivity index (χ1n) is 14.9. The summed E-state index contributed by atoms with van der Waals surface area (Å²) in [6.45, 7) is 18.8. The van der Waals surface area contributed by atoms with Crippen LogP contribution in [0.5, 0.6) is 0 Å². The second-order valence-corrected chi connectivity index (χ2v) is 13.0. The Morgan fingerprint density at radius 1 is 0.636 bits per heavy atom. The van der Waals surface area contributed by atoms with Crippen molar-refractivity contribution in [3.63, 3.8) is 0 Å². The molecule has 2 saturated heterocycles. The zero-order chi connectivity index (χ0) is 23.0. The van der Waals surface area contributed by atoms with Crippen LogP contribution in [0, 0.1) is 35.5 Å². The third-order valence-electron chi connectivity index (χ3n) is 9.66. The normalized spacial score (nSPS) is 36.2. The summed E-state index contributed by atoms with van der Waals surface area (Å²) in [4.78, 5) is 5.54. The Morgan fingerprint density at radius 2 is 1.15 bits per heavy atom. The minimum Gasteiger partial charge on any atom is -0.314 e. The number of nitrogens with zero attached hydrogens (tertiary/aromatic N) is 2. The maximum Gasteiger partial charge on any atom is 0.0221 e. The summed E-state index contributed by atoms with van der Waals surface area (Å²) in [6, 6.07) is 0.717. The fourth-order valence-electron chi connectivity index (χ4n) is 7.67. The molecule has 4 nitrogen and oxygen atoms in total. The van der Waals surface area contributed by atoms with Gasteiger partial charge in [-0.3, -0.25) is 0 Å². The molecule has 2 atom stereocenters. The van der Waals surface area contributed by atoms with E-state index in [9.17, 15) is 0 Å². The molecule has 4 fully saturated rings. The first-order chi connectivity index (χ1) is 16.0. The summed E-state index contributed by atoms with van der Waals surface area (Å²) >= 11 is 0. The van der Waals surface area contributed by atoms with Crippen LogP contribution in [0.3, 0.4) is 0 Å². The van der Waals surface area contributed by atoms with Gasteiger partial charge in [-0.1, -0.05) is 46.5 Å². The van der Waals surface area contributed by atoms with E-state index in [-0.39, 0.29) is 0 Å². The lowest BCUT2D eigenvalue weighted by Crippen LogP contribution is -2.54. The maximum absolute atomic E-state index is 3.91. The van der Waals surface area contributed by atoms with E-state index in [4.69, 9.17) is 0 Å². The third kappa shape index (κ3) is 8.47. The van der Waals surface area contributed by atoms with Crippen LogP contribution in [0.1, 0.15) is 85.0 Å². The van der Waals surface area contributed by atoms with Gasteiger partial charge in [0, 0.05) is 64.9 Å². The number of hydrogen-bond acceptors (Lipinski definition) is 4. The Morgan fingerprint density at radius 3 is 1.76 bits per heavy atom. The summed E-state index contributed by atoms with van der Waals surface area (Å²) in [7, 11) is 0. The van der Waals surface area contributed by atoms with Crippen molar-refractivity contribution in [2.24, 2.45) is 35.5 Å². The Labute approximate surface area is 206 Å². The van der Waals surface area contributed by atoms with Gasteiger partial charge in [0.2, 0.25) is 0 Å². The Balaban J connectivity index is 1.12. The topological polar surface area (TPSA) is 30.5 Å². The number of hydrogen-bond donors (Lipinski definition) is 2. The molecule has 0 aromatic heterocycles. The van der Waals surface area contributed by atoms with E-state index in [2.05, 4.69) is 41.2 Å². The van der Waals surface area contributed by atoms with E-state index < -0.39 is 0 Å². The van der Waals surface area contributed by atoms with Crippen molar-refractivity contribution in [2.75, 3.05) is 58.9 Å². The molecule has 1 unspecified atom stereocenters. The highest BCUT2D eigenvalue weighted by molar-refractivity contribution is 4.87. The van der Waals surface area contributed by atoms with Crippen LogP contribution >= 0.6 is 0 Å². The van der Waals surface area contributed by atoms with E-state index in [0.717, 1.165) is 41.5 Å². The highest BCUT2D eigenvalue weighted by Crippen LogP contribution is 2.35. The fourth-order valence-corrected chi connectivity index (χ4v) is 7.67. The van der Waals surface area contributed by atoms with Crippen LogP contribution in [0.4, 0.5) is 0 Å². The molecule has 2 saturated carbocycles. The summed E-state index contributed by atoms with van der Waals surface area (Å²) in [5.74, 6) is 5.63. The minimum atomic E-state index is 0.717. The van der Waals surface area contributed by atoms with Gasteiger partial charge in [-0.25, -0.2) is 0 Å². The highest BCUT2D eigenvalue weighted by atomic mass is 15.2. The standard InChI is InChI=1S/C29H56N4/c1-23(2)18-25-4-8-28(9-5-25)21-33-17-14-31-29(22-33)24(3)19-26-6-10-27(11-7-26)20-32-15-12-30-13-16-32/h23-31H,4-22H2,1-3H3/t24-,25?,26?,27?,28?,29?/m0/s1. The van der Waals surface area contributed by atoms with Gasteiger partial charge in [0.05, 0.1) is 0 Å². The summed E-state index contributed by atoms with van der Waals surface area (Å²) in [6.07, 6.45) is 14.8. The maximum atomic E-state index is 3.91. The second-order valence-electron chi connectivity index (χ2n) is 13.0. The van der Waals surface area contributed by atoms with E-state index in [1.807, 2.05) is 0 Å². The zero-order valence-electron chi connectivity index (χ0n) is 22.4. The molecule has 2 N–H and O–H groups in total. The van der Waals surface area contributed by atoms with Crippen LogP contribution in [-0.4, -0.2) is 74.7 Å². The SMILES string of the molecule is CC(C)CC1CCC(CN2CCNC([C@@H](C)CC3CCC(CN4CCNCC4)CC3)C2)CC1. The molecular formula is C29H56N4. The summed E-state index contributed by atoms with van der Waals surface area (Å²) in [5.41, 5.74) is 0. The molecule has 4 aliphatic rings. The second kappa shape index (κ2) is 13.2. The minimum absolute atomic E-state index is 0.717. The van der Waals surface area contributed by atoms with Crippen molar-refractivity contribution >= 4 is 0 Å². The lowest BCUT2D eigenvalue weighted by atomic mass is 9.76. The van der Waals surface area contributed by atoms with Crippen LogP contribution < -0.4 is 10.6 Å². The average molecular weight is 461 g/mol. The monoisotopic (exact) mass is 460 g/mol. The Kier molecular flexibility index (Phi) is 10.4. The van der Waals surface area contributed by atoms with Crippen molar-refractivity contribution in [1.82, 2.24) is 20.4 Å². The molecule has 0 aromatic carbocycles. The first kappa shape index (κ1) is 25.9. The van der Waals surface area contributed by atoms with Gasteiger partial charge in [-0.05, 0) is 74.0 Å². The third-order valence-corrected chi connectivity index (χ3v) is 9.66. The van der Waals surface area contributed by atoms with Gasteiger partial charge >= 0.3 is 0 Å². The molecule has 0 aromatic rings. The van der Waals surface area contributed by atoms with E-state index in [0.29, 0.717) is 0 Å². The first-order valence-corrected chi connectivity index (χ1v) is 14.9. The summed E-state index contributed by atoms with van der Waals surface area (Å²) in [5, 5.41) is 7.41. The van der Waals surface area contributed by atoms with E-state index in [1.165, 1.54) is 123 Å². The quantitative estimate of drug-likeness (QED) is 0.515. The fraction of sp³-hybridized carbons (Fsp3) is 1.00. The Bertz CT molecular complexity index is 530. The molecule has 0 amide bonds. The van der Waals surface area contributed by atoms with Gasteiger partial charge in [0.25, 0.3) is 0 Å². The number of piperazine rings is 2. The van der Waals surface area contributed by atoms with Crippen molar-refractivity contribution in [1.29, 1.82) is 0 Å². The van der Waals surface area contributed by atoms with Crippen molar-refractivity contribution in [3.8, 4) is 0 Å². The molecule has 33 heavy (non-hydrogen) atoms. The summed E-state index contributed by atoms with van der Waals surface area (Å²) < 4.78 is 0. The van der Waals surface area contributed by atoms with Gasteiger partial charge in [0.1, 0.15) is 0 Å². The molecule has 192 valence electrons. The van der Waals surface area contributed by atoms with Crippen LogP contribution in [0.25, 0.3) is 0 Å². The molecule has 4 heteroatoms. The average Bonchev–Trinajstić information content (AvgIpc) is 2.82. The van der Waals surface area contributed by atoms with Crippen LogP contribution in [-0.2, 0) is 0 Å². The van der Waals surface area contributed by atoms with Crippen molar-refractivity contribution < 1.29 is 0 Å². The van der Waals surface area contributed by atoms with Crippen molar-refractivity contribution in [2.45, 2.75) is 91.0 Å². The molecule has 2 aliphatic carbocycles. The lowest BCUT2D eigenvalue weighted by molar-refractivity contribution is 0.113.